The second-order valence-electron chi connectivity index (χ2n) is 3.36. The van der Waals surface area contributed by atoms with Crippen molar-refractivity contribution < 1.29 is 4.79 Å². The molecule has 1 aromatic rings. The standard InChI is InChI=1S/C10H10N4O/c11-5-9-8(2-1-3-12-9)14-7-4-10(15)13-6-7/h1-3,7,14H,4,6H2,(H,13,15). The Kier molecular flexibility index (Phi) is 2.50. The molecule has 0 bridgehead atoms. The van der Waals surface area contributed by atoms with Crippen LogP contribution in [0.3, 0.4) is 0 Å². The Morgan fingerprint density at radius 1 is 1.67 bits per heavy atom. The van der Waals surface area contributed by atoms with Gasteiger partial charge in [0.25, 0.3) is 0 Å². The summed E-state index contributed by atoms with van der Waals surface area (Å²) in [7, 11) is 0. The number of hydrogen-bond acceptors (Lipinski definition) is 4. The molecule has 2 N–H and O–H groups in total. The first-order chi connectivity index (χ1) is 7.29. The number of amides is 1. The van der Waals surface area contributed by atoms with Gasteiger partial charge in [-0.15, -0.1) is 0 Å². The molecule has 2 rings (SSSR count). The Morgan fingerprint density at radius 3 is 3.20 bits per heavy atom. The molecule has 1 aliphatic heterocycles. The van der Waals surface area contributed by atoms with Gasteiger partial charge < -0.3 is 10.6 Å². The van der Waals surface area contributed by atoms with Crippen molar-refractivity contribution in [1.29, 1.82) is 5.26 Å². The summed E-state index contributed by atoms with van der Waals surface area (Å²) in [6.07, 6.45) is 2.02. The van der Waals surface area contributed by atoms with Crippen LogP contribution in [0.25, 0.3) is 0 Å². The highest BCUT2D eigenvalue weighted by Gasteiger charge is 2.21. The van der Waals surface area contributed by atoms with Gasteiger partial charge in [-0.25, -0.2) is 4.98 Å². The van der Waals surface area contributed by atoms with Crippen LogP contribution in [-0.4, -0.2) is 23.5 Å². The summed E-state index contributed by atoms with van der Waals surface area (Å²) in [5.41, 5.74) is 1.04. The number of nitrogens with one attached hydrogen (secondary N) is 2. The first-order valence-corrected chi connectivity index (χ1v) is 4.68. The van der Waals surface area contributed by atoms with Crippen molar-refractivity contribution in [1.82, 2.24) is 10.3 Å². The molecule has 0 aromatic carbocycles. The maximum atomic E-state index is 11.0. The lowest BCUT2D eigenvalue weighted by molar-refractivity contribution is -0.119. The van der Waals surface area contributed by atoms with Crippen molar-refractivity contribution in [2.75, 3.05) is 11.9 Å². The number of hydrogen-bond donors (Lipinski definition) is 2. The number of anilines is 1. The van der Waals surface area contributed by atoms with Crippen molar-refractivity contribution in [2.24, 2.45) is 0 Å². The second kappa shape index (κ2) is 3.96. The molecule has 1 aromatic heterocycles. The average Bonchev–Trinajstić information content (AvgIpc) is 2.65. The van der Waals surface area contributed by atoms with E-state index in [1.165, 1.54) is 0 Å². The van der Waals surface area contributed by atoms with Crippen LogP contribution in [0.5, 0.6) is 0 Å². The number of rotatable bonds is 2. The minimum atomic E-state index is 0.0369. The van der Waals surface area contributed by atoms with Crippen LogP contribution in [0.2, 0.25) is 0 Å². The first kappa shape index (κ1) is 9.46. The normalized spacial score (nSPS) is 19.4. The van der Waals surface area contributed by atoms with E-state index in [1.807, 2.05) is 6.07 Å². The quantitative estimate of drug-likeness (QED) is 0.720. The molecule has 1 aliphatic rings. The lowest BCUT2D eigenvalue weighted by Crippen LogP contribution is -2.22. The van der Waals surface area contributed by atoms with Crippen molar-refractivity contribution >= 4 is 11.6 Å². The van der Waals surface area contributed by atoms with Gasteiger partial charge in [0.1, 0.15) is 6.07 Å². The number of nitrogens with zero attached hydrogens (tertiary/aromatic N) is 2. The zero-order chi connectivity index (χ0) is 10.7. The van der Waals surface area contributed by atoms with Crippen molar-refractivity contribution in [3.63, 3.8) is 0 Å². The van der Waals surface area contributed by atoms with Crippen LogP contribution in [-0.2, 0) is 4.79 Å². The highest BCUT2D eigenvalue weighted by atomic mass is 16.1. The fourth-order valence-corrected chi connectivity index (χ4v) is 1.54. The number of pyridine rings is 1. The van der Waals surface area contributed by atoms with Crippen LogP contribution in [0.15, 0.2) is 18.3 Å². The van der Waals surface area contributed by atoms with E-state index in [-0.39, 0.29) is 11.9 Å². The molecule has 5 nitrogen and oxygen atoms in total. The predicted molar refractivity (Wildman–Crippen MR) is 54.0 cm³/mol. The van der Waals surface area contributed by atoms with E-state index in [0.717, 1.165) is 0 Å². The van der Waals surface area contributed by atoms with Gasteiger partial charge in [-0.1, -0.05) is 0 Å². The van der Waals surface area contributed by atoms with E-state index >= 15 is 0 Å². The summed E-state index contributed by atoms with van der Waals surface area (Å²) in [6.45, 7) is 0.596. The van der Waals surface area contributed by atoms with Gasteiger partial charge in [-0.05, 0) is 12.1 Å². The van der Waals surface area contributed by atoms with Crippen molar-refractivity contribution in [2.45, 2.75) is 12.5 Å². The summed E-state index contributed by atoms with van der Waals surface area (Å²) in [5, 5.41) is 14.7. The molecule has 0 spiro atoms. The highest BCUT2D eigenvalue weighted by Crippen LogP contribution is 2.14. The third-order valence-corrected chi connectivity index (χ3v) is 2.25. The average molecular weight is 202 g/mol. The van der Waals surface area contributed by atoms with E-state index in [0.29, 0.717) is 24.3 Å². The summed E-state index contributed by atoms with van der Waals surface area (Å²) >= 11 is 0. The number of carbonyl (C=O) groups is 1. The molecule has 1 atom stereocenters. The molecular weight excluding hydrogens is 192 g/mol. The van der Waals surface area contributed by atoms with Gasteiger partial charge in [0.2, 0.25) is 5.91 Å². The Labute approximate surface area is 87.1 Å². The Bertz CT molecular complexity index is 424. The van der Waals surface area contributed by atoms with Gasteiger partial charge in [-0.2, -0.15) is 5.26 Å². The van der Waals surface area contributed by atoms with Gasteiger partial charge >= 0.3 is 0 Å². The summed E-state index contributed by atoms with van der Waals surface area (Å²) in [6, 6.07) is 5.59. The second-order valence-corrected chi connectivity index (χ2v) is 3.36. The summed E-state index contributed by atoms with van der Waals surface area (Å²) in [4.78, 5) is 14.9. The van der Waals surface area contributed by atoms with Crippen LogP contribution in [0, 0.1) is 11.3 Å². The molecule has 1 unspecified atom stereocenters. The molecule has 1 amide bonds. The number of carbonyl (C=O) groups excluding carboxylic acids is 1. The van der Waals surface area contributed by atoms with Crippen molar-refractivity contribution in [3.05, 3.63) is 24.0 Å². The zero-order valence-corrected chi connectivity index (χ0v) is 8.03. The molecule has 15 heavy (non-hydrogen) atoms. The van der Waals surface area contributed by atoms with Crippen LogP contribution < -0.4 is 10.6 Å². The van der Waals surface area contributed by atoms with E-state index in [9.17, 15) is 4.79 Å². The van der Waals surface area contributed by atoms with Crippen molar-refractivity contribution in [3.8, 4) is 6.07 Å². The molecule has 1 fully saturated rings. The topological polar surface area (TPSA) is 77.8 Å². The monoisotopic (exact) mass is 202 g/mol. The van der Waals surface area contributed by atoms with Gasteiger partial charge in [0.15, 0.2) is 5.69 Å². The highest BCUT2D eigenvalue weighted by molar-refractivity contribution is 5.79. The SMILES string of the molecule is N#Cc1ncccc1NC1CNC(=O)C1. The fourth-order valence-electron chi connectivity index (χ4n) is 1.54. The van der Waals surface area contributed by atoms with Gasteiger partial charge in [0, 0.05) is 19.2 Å². The summed E-state index contributed by atoms with van der Waals surface area (Å²) in [5.74, 6) is 0.0369. The Morgan fingerprint density at radius 2 is 2.53 bits per heavy atom. The third-order valence-electron chi connectivity index (χ3n) is 2.25. The predicted octanol–water partition coefficient (Wildman–Crippen LogP) is 0.254. The third kappa shape index (κ3) is 2.05. The van der Waals surface area contributed by atoms with Crippen LogP contribution in [0.1, 0.15) is 12.1 Å². The minimum Gasteiger partial charge on any atom is -0.378 e. The molecule has 2 heterocycles. The molecule has 0 radical (unpaired) electrons. The lowest BCUT2D eigenvalue weighted by Gasteiger charge is -2.12. The van der Waals surface area contributed by atoms with Crippen LogP contribution in [0.4, 0.5) is 5.69 Å². The lowest BCUT2D eigenvalue weighted by atomic mass is 10.2. The van der Waals surface area contributed by atoms with Gasteiger partial charge in [0.05, 0.1) is 11.7 Å². The van der Waals surface area contributed by atoms with Crippen LogP contribution >= 0.6 is 0 Å². The fraction of sp³-hybridized carbons (Fsp3) is 0.300. The Hall–Kier alpha value is -2.09. The molecular formula is C10H10N4O. The zero-order valence-electron chi connectivity index (χ0n) is 8.03. The maximum absolute atomic E-state index is 11.0. The number of aromatic nitrogens is 1. The molecule has 1 saturated heterocycles. The van der Waals surface area contributed by atoms with E-state index < -0.39 is 0 Å². The van der Waals surface area contributed by atoms with E-state index in [1.54, 1.807) is 18.3 Å². The molecule has 0 aliphatic carbocycles. The van der Waals surface area contributed by atoms with E-state index in [4.69, 9.17) is 5.26 Å². The summed E-state index contributed by atoms with van der Waals surface area (Å²) < 4.78 is 0. The Balaban J connectivity index is 2.11. The van der Waals surface area contributed by atoms with E-state index in [2.05, 4.69) is 15.6 Å². The first-order valence-electron chi connectivity index (χ1n) is 4.68. The largest absolute Gasteiger partial charge is 0.378 e. The molecule has 5 heteroatoms. The smallest absolute Gasteiger partial charge is 0.222 e. The maximum Gasteiger partial charge on any atom is 0.222 e. The number of nitriles is 1. The van der Waals surface area contributed by atoms with Gasteiger partial charge in [-0.3, -0.25) is 4.79 Å². The molecule has 76 valence electrons. The minimum absolute atomic E-state index is 0.0369. The molecule has 0 saturated carbocycles.